The molecule has 1 aromatic rings. The van der Waals surface area contributed by atoms with Gasteiger partial charge in [-0.3, -0.25) is 4.90 Å². The summed E-state index contributed by atoms with van der Waals surface area (Å²) in [4.78, 5) is 2.58. The monoisotopic (exact) mass is 326 g/mol. The average molecular weight is 327 g/mol. The number of methoxy groups -OCH3 is 1. The number of halogens is 1. The fraction of sp³-hybridized carbons (Fsp3) is 0.600. The third-order valence-electron chi connectivity index (χ3n) is 3.72. The first-order valence-corrected chi connectivity index (χ1v) is 7.83. The number of hydrogen-bond acceptors (Lipinski definition) is 3. The van der Waals surface area contributed by atoms with Crippen molar-refractivity contribution in [2.24, 2.45) is 0 Å². The van der Waals surface area contributed by atoms with Crippen molar-refractivity contribution in [1.29, 1.82) is 0 Å². The van der Waals surface area contributed by atoms with Crippen LogP contribution in [-0.4, -0.2) is 38.2 Å². The highest BCUT2D eigenvalue weighted by Gasteiger charge is 2.23. The van der Waals surface area contributed by atoms with Crippen LogP contribution in [0.3, 0.4) is 0 Å². The molecule has 1 saturated heterocycles. The quantitative estimate of drug-likeness (QED) is 0.899. The number of rotatable bonds is 5. The number of benzene rings is 1. The Morgan fingerprint density at radius 3 is 2.74 bits per heavy atom. The van der Waals surface area contributed by atoms with E-state index in [-0.39, 0.29) is 0 Å². The molecule has 0 spiro atoms. The SMILES string of the molecule is CCC[C@H](c1cc(OC)ccc1Br)N1CCNCC1. The second-order valence-corrected chi connectivity index (χ2v) is 5.83. The van der Waals surface area contributed by atoms with E-state index < -0.39 is 0 Å². The maximum Gasteiger partial charge on any atom is 0.119 e. The van der Waals surface area contributed by atoms with E-state index in [1.807, 2.05) is 6.07 Å². The third-order valence-corrected chi connectivity index (χ3v) is 4.44. The molecule has 3 nitrogen and oxygen atoms in total. The van der Waals surface area contributed by atoms with E-state index in [4.69, 9.17) is 4.74 Å². The second-order valence-electron chi connectivity index (χ2n) is 4.98. The van der Waals surface area contributed by atoms with E-state index >= 15 is 0 Å². The van der Waals surface area contributed by atoms with Gasteiger partial charge >= 0.3 is 0 Å². The zero-order chi connectivity index (χ0) is 13.7. The first kappa shape index (κ1) is 14.8. The highest BCUT2D eigenvalue weighted by molar-refractivity contribution is 9.10. The van der Waals surface area contributed by atoms with Gasteiger partial charge in [-0.15, -0.1) is 0 Å². The van der Waals surface area contributed by atoms with Crippen LogP contribution in [0.1, 0.15) is 31.4 Å². The molecule has 0 saturated carbocycles. The van der Waals surface area contributed by atoms with Crippen molar-refractivity contribution < 1.29 is 4.74 Å². The van der Waals surface area contributed by atoms with Gasteiger partial charge in [0.2, 0.25) is 0 Å². The Morgan fingerprint density at radius 1 is 1.37 bits per heavy atom. The van der Waals surface area contributed by atoms with Crippen LogP contribution in [0, 0.1) is 0 Å². The van der Waals surface area contributed by atoms with Crippen molar-refractivity contribution in [1.82, 2.24) is 10.2 Å². The number of hydrogen-bond donors (Lipinski definition) is 1. The van der Waals surface area contributed by atoms with Gasteiger partial charge in [-0.2, -0.15) is 0 Å². The molecule has 0 aromatic heterocycles. The van der Waals surface area contributed by atoms with Crippen molar-refractivity contribution in [3.8, 4) is 5.75 Å². The highest BCUT2D eigenvalue weighted by atomic mass is 79.9. The molecule has 0 bridgehead atoms. The minimum atomic E-state index is 0.483. The second kappa shape index (κ2) is 7.27. The average Bonchev–Trinajstić information content (AvgIpc) is 2.47. The van der Waals surface area contributed by atoms with E-state index in [0.717, 1.165) is 31.9 Å². The van der Waals surface area contributed by atoms with E-state index in [2.05, 4.69) is 45.2 Å². The summed E-state index contributed by atoms with van der Waals surface area (Å²) in [5.41, 5.74) is 1.35. The first-order chi connectivity index (χ1) is 9.26. The Bertz CT molecular complexity index is 405. The van der Waals surface area contributed by atoms with E-state index in [1.54, 1.807) is 7.11 Å². The molecule has 1 aliphatic rings. The molecule has 0 amide bonds. The minimum absolute atomic E-state index is 0.483. The normalized spacial score (nSPS) is 18.3. The van der Waals surface area contributed by atoms with Crippen LogP contribution >= 0.6 is 15.9 Å². The molecule has 0 radical (unpaired) electrons. The summed E-state index contributed by atoms with van der Waals surface area (Å²) in [6.45, 7) is 6.66. The zero-order valence-electron chi connectivity index (χ0n) is 11.8. The van der Waals surface area contributed by atoms with Crippen LogP contribution < -0.4 is 10.1 Å². The molecule has 1 fully saturated rings. The van der Waals surface area contributed by atoms with E-state index in [9.17, 15) is 0 Å². The summed E-state index contributed by atoms with van der Waals surface area (Å²) in [6.07, 6.45) is 2.38. The molecule has 19 heavy (non-hydrogen) atoms. The first-order valence-electron chi connectivity index (χ1n) is 7.04. The van der Waals surface area contributed by atoms with Gasteiger partial charge in [-0.05, 0) is 30.2 Å². The predicted octanol–water partition coefficient (Wildman–Crippen LogP) is 3.20. The van der Waals surface area contributed by atoms with Crippen molar-refractivity contribution in [2.45, 2.75) is 25.8 Å². The van der Waals surface area contributed by atoms with Crippen LogP contribution in [0.5, 0.6) is 5.75 Å². The molecule has 1 heterocycles. The van der Waals surface area contributed by atoms with Gasteiger partial charge < -0.3 is 10.1 Å². The number of piperazine rings is 1. The molecule has 1 N–H and O–H groups in total. The highest BCUT2D eigenvalue weighted by Crippen LogP contribution is 2.34. The van der Waals surface area contributed by atoms with Crippen LogP contribution in [-0.2, 0) is 0 Å². The van der Waals surface area contributed by atoms with Gasteiger partial charge in [0.1, 0.15) is 5.75 Å². The van der Waals surface area contributed by atoms with Crippen molar-refractivity contribution in [3.05, 3.63) is 28.2 Å². The van der Waals surface area contributed by atoms with Crippen molar-refractivity contribution >= 4 is 15.9 Å². The molecule has 106 valence electrons. The molecule has 1 aromatic carbocycles. The van der Waals surface area contributed by atoms with Gasteiger partial charge in [-0.1, -0.05) is 29.3 Å². The zero-order valence-corrected chi connectivity index (χ0v) is 13.4. The minimum Gasteiger partial charge on any atom is -0.497 e. The molecule has 1 aliphatic heterocycles. The fourth-order valence-electron chi connectivity index (χ4n) is 2.71. The lowest BCUT2D eigenvalue weighted by Crippen LogP contribution is -2.45. The van der Waals surface area contributed by atoms with Crippen LogP contribution in [0.4, 0.5) is 0 Å². The summed E-state index contributed by atoms with van der Waals surface area (Å²) >= 11 is 3.70. The maximum absolute atomic E-state index is 5.37. The topological polar surface area (TPSA) is 24.5 Å². The van der Waals surface area contributed by atoms with Crippen LogP contribution in [0.25, 0.3) is 0 Å². The van der Waals surface area contributed by atoms with Crippen molar-refractivity contribution in [2.75, 3.05) is 33.3 Å². The molecule has 4 heteroatoms. The Kier molecular flexibility index (Phi) is 5.67. The van der Waals surface area contributed by atoms with Gasteiger partial charge in [0, 0.05) is 36.7 Å². The Morgan fingerprint density at radius 2 is 2.11 bits per heavy atom. The number of nitrogens with one attached hydrogen (secondary N) is 1. The molecule has 0 aliphatic carbocycles. The summed E-state index contributed by atoms with van der Waals surface area (Å²) < 4.78 is 6.56. The van der Waals surface area contributed by atoms with Crippen LogP contribution in [0.15, 0.2) is 22.7 Å². The lowest BCUT2D eigenvalue weighted by atomic mass is 9.99. The fourth-order valence-corrected chi connectivity index (χ4v) is 3.22. The van der Waals surface area contributed by atoms with Gasteiger partial charge in [0.25, 0.3) is 0 Å². The molecular formula is C15H23BrN2O. The Balaban J connectivity index is 2.26. The van der Waals surface area contributed by atoms with E-state index in [0.29, 0.717) is 6.04 Å². The van der Waals surface area contributed by atoms with Crippen LogP contribution in [0.2, 0.25) is 0 Å². The molecule has 2 rings (SSSR count). The Hall–Kier alpha value is -0.580. The smallest absolute Gasteiger partial charge is 0.119 e. The van der Waals surface area contributed by atoms with Gasteiger partial charge in [0.15, 0.2) is 0 Å². The van der Waals surface area contributed by atoms with Gasteiger partial charge in [0.05, 0.1) is 7.11 Å². The third kappa shape index (κ3) is 3.71. The summed E-state index contributed by atoms with van der Waals surface area (Å²) in [7, 11) is 1.73. The summed E-state index contributed by atoms with van der Waals surface area (Å²) in [5.74, 6) is 0.939. The Labute approximate surface area is 124 Å². The predicted molar refractivity (Wildman–Crippen MR) is 82.8 cm³/mol. The van der Waals surface area contributed by atoms with Crippen molar-refractivity contribution in [3.63, 3.8) is 0 Å². The molecular weight excluding hydrogens is 304 g/mol. The summed E-state index contributed by atoms with van der Waals surface area (Å²) in [6, 6.07) is 6.76. The number of nitrogens with zero attached hydrogens (tertiary/aromatic N) is 1. The number of ether oxygens (including phenoxy) is 1. The summed E-state index contributed by atoms with van der Waals surface area (Å²) in [5, 5.41) is 3.42. The molecule has 0 unspecified atom stereocenters. The lowest BCUT2D eigenvalue weighted by Gasteiger charge is -2.35. The largest absolute Gasteiger partial charge is 0.497 e. The van der Waals surface area contributed by atoms with E-state index in [1.165, 1.54) is 22.9 Å². The lowest BCUT2D eigenvalue weighted by molar-refractivity contribution is 0.164. The molecule has 1 atom stereocenters. The maximum atomic E-state index is 5.37. The van der Waals surface area contributed by atoms with Gasteiger partial charge in [-0.25, -0.2) is 0 Å². The standard InChI is InChI=1S/C15H23BrN2O/c1-3-4-15(18-9-7-17-8-10-18)13-11-12(19-2)5-6-14(13)16/h5-6,11,15,17H,3-4,7-10H2,1-2H3/t15-/m1/s1.